The predicted octanol–water partition coefficient (Wildman–Crippen LogP) is -0.397. The zero-order chi connectivity index (χ0) is 13.2. The van der Waals surface area contributed by atoms with E-state index >= 15 is 0 Å². The molecule has 0 atom stereocenters. The van der Waals surface area contributed by atoms with Gasteiger partial charge in [0, 0.05) is 6.42 Å². The summed E-state index contributed by atoms with van der Waals surface area (Å²) in [5.74, 6) is -1.21. The van der Waals surface area contributed by atoms with Crippen molar-refractivity contribution in [2.24, 2.45) is 27.2 Å². The summed E-state index contributed by atoms with van der Waals surface area (Å²) in [5.41, 5.74) is 17.8. The molecule has 6 nitrogen and oxygen atoms in total. The van der Waals surface area contributed by atoms with Gasteiger partial charge in [-0.3, -0.25) is 11.1 Å². The van der Waals surface area contributed by atoms with Gasteiger partial charge in [0.15, 0.2) is 11.9 Å². The standard InChI is InChI=1S/C11H15FN6/c12-8-3-1-2-7(6-8)4-5-11(15)17-9(13)16-10(14)18-11/h1-3,6H,4-5,15H2,(H5,13,14,16,17,18). The van der Waals surface area contributed by atoms with Crippen molar-refractivity contribution < 1.29 is 4.39 Å². The van der Waals surface area contributed by atoms with Crippen molar-refractivity contribution in [3.05, 3.63) is 35.6 Å². The molecule has 0 unspecified atom stereocenters. The molecule has 7 heteroatoms. The lowest BCUT2D eigenvalue weighted by Gasteiger charge is -2.25. The molecule has 1 aromatic rings. The van der Waals surface area contributed by atoms with Crippen LogP contribution in [0.3, 0.4) is 0 Å². The lowest BCUT2D eigenvalue weighted by molar-refractivity contribution is 0.424. The molecule has 0 aliphatic carbocycles. The summed E-state index contributed by atoms with van der Waals surface area (Å²) in [7, 11) is 0. The number of nitrogens with zero attached hydrogens (tertiary/aromatic N) is 2. The van der Waals surface area contributed by atoms with E-state index in [9.17, 15) is 4.39 Å². The Morgan fingerprint density at radius 3 is 2.50 bits per heavy atom. The minimum absolute atomic E-state index is 0.129. The van der Waals surface area contributed by atoms with Gasteiger partial charge in [-0.15, -0.1) is 0 Å². The number of benzene rings is 1. The highest BCUT2D eigenvalue weighted by Crippen LogP contribution is 2.17. The zero-order valence-electron chi connectivity index (χ0n) is 9.73. The molecule has 0 fully saturated rings. The molecule has 96 valence electrons. The van der Waals surface area contributed by atoms with E-state index in [4.69, 9.17) is 17.2 Å². The summed E-state index contributed by atoms with van der Waals surface area (Å²) in [6.07, 6.45) is 0.918. The van der Waals surface area contributed by atoms with E-state index in [-0.39, 0.29) is 17.7 Å². The maximum absolute atomic E-state index is 13.0. The maximum atomic E-state index is 13.0. The molecule has 0 amide bonds. The number of aliphatic imine (C=N–C) groups is 2. The van der Waals surface area contributed by atoms with Gasteiger partial charge in [0.1, 0.15) is 5.82 Å². The topological polar surface area (TPSA) is 115 Å². The molecule has 0 aromatic heterocycles. The minimum Gasteiger partial charge on any atom is -0.370 e. The van der Waals surface area contributed by atoms with E-state index in [1.807, 2.05) is 6.07 Å². The molecule has 0 saturated carbocycles. The van der Waals surface area contributed by atoms with E-state index in [0.29, 0.717) is 12.8 Å². The third kappa shape index (κ3) is 2.95. The highest BCUT2D eigenvalue weighted by Gasteiger charge is 2.27. The first kappa shape index (κ1) is 12.3. The SMILES string of the molecule is NC1=NC(N)(CCc2cccc(F)c2)N=C(N)N1. The van der Waals surface area contributed by atoms with Crippen LogP contribution < -0.4 is 22.5 Å². The van der Waals surface area contributed by atoms with Crippen LogP contribution in [0.4, 0.5) is 4.39 Å². The maximum Gasteiger partial charge on any atom is 0.209 e. The molecule has 1 aromatic carbocycles. The zero-order valence-corrected chi connectivity index (χ0v) is 9.73. The molecule has 1 aliphatic rings. The number of rotatable bonds is 3. The van der Waals surface area contributed by atoms with Crippen LogP contribution in [0.5, 0.6) is 0 Å². The van der Waals surface area contributed by atoms with Gasteiger partial charge in [0.05, 0.1) is 0 Å². The molecular formula is C11H15FN6. The normalized spacial score (nSPS) is 17.7. The third-order valence-corrected chi connectivity index (χ3v) is 2.55. The fraction of sp³-hybridized carbons (Fsp3) is 0.273. The van der Waals surface area contributed by atoms with Gasteiger partial charge in [-0.25, -0.2) is 14.4 Å². The minimum atomic E-state index is -1.19. The fourth-order valence-corrected chi connectivity index (χ4v) is 1.76. The van der Waals surface area contributed by atoms with Crippen LogP contribution in [-0.2, 0) is 6.42 Å². The Hall–Kier alpha value is -2.15. The number of guanidine groups is 2. The Morgan fingerprint density at radius 2 is 1.89 bits per heavy atom. The molecule has 7 N–H and O–H groups in total. The van der Waals surface area contributed by atoms with Crippen LogP contribution in [0.1, 0.15) is 12.0 Å². The van der Waals surface area contributed by atoms with Gasteiger partial charge in [0.25, 0.3) is 0 Å². The molecule has 1 aliphatic heterocycles. The molecule has 18 heavy (non-hydrogen) atoms. The van der Waals surface area contributed by atoms with Crippen molar-refractivity contribution in [1.29, 1.82) is 0 Å². The first-order valence-corrected chi connectivity index (χ1v) is 5.48. The van der Waals surface area contributed by atoms with E-state index in [0.717, 1.165) is 5.56 Å². The second-order valence-corrected chi connectivity index (χ2v) is 4.13. The Morgan fingerprint density at radius 1 is 1.22 bits per heavy atom. The fourth-order valence-electron chi connectivity index (χ4n) is 1.76. The van der Waals surface area contributed by atoms with Crippen LogP contribution in [-0.4, -0.2) is 17.7 Å². The Bertz CT molecular complexity index is 492. The number of halogens is 1. The van der Waals surface area contributed by atoms with E-state index < -0.39 is 5.79 Å². The lowest BCUT2D eigenvalue weighted by atomic mass is 10.1. The molecule has 0 radical (unpaired) electrons. The van der Waals surface area contributed by atoms with E-state index in [1.54, 1.807) is 6.07 Å². The number of hydrogen-bond acceptors (Lipinski definition) is 6. The Labute approximate surface area is 104 Å². The number of hydrogen-bond donors (Lipinski definition) is 4. The van der Waals surface area contributed by atoms with Crippen LogP contribution in [0, 0.1) is 5.82 Å². The van der Waals surface area contributed by atoms with Crippen molar-refractivity contribution >= 4 is 11.9 Å². The predicted molar refractivity (Wildman–Crippen MR) is 68.0 cm³/mol. The summed E-state index contributed by atoms with van der Waals surface area (Å²) >= 11 is 0. The molecule has 0 bridgehead atoms. The quantitative estimate of drug-likeness (QED) is 0.584. The van der Waals surface area contributed by atoms with Crippen LogP contribution >= 0.6 is 0 Å². The first-order valence-electron chi connectivity index (χ1n) is 5.48. The van der Waals surface area contributed by atoms with Crippen molar-refractivity contribution in [2.75, 3.05) is 0 Å². The van der Waals surface area contributed by atoms with Gasteiger partial charge in [-0.1, -0.05) is 12.1 Å². The third-order valence-electron chi connectivity index (χ3n) is 2.55. The number of nitrogens with two attached hydrogens (primary N) is 3. The summed E-state index contributed by atoms with van der Waals surface area (Å²) in [4.78, 5) is 8.00. The van der Waals surface area contributed by atoms with Crippen LogP contribution in [0.25, 0.3) is 0 Å². The van der Waals surface area contributed by atoms with E-state index in [1.165, 1.54) is 12.1 Å². The summed E-state index contributed by atoms with van der Waals surface area (Å²) in [6.45, 7) is 0. The molecule has 2 rings (SSSR count). The average molecular weight is 250 g/mol. The van der Waals surface area contributed by atoms with Crippen molar-refractivity contribution in [2.45, 2.75) is 18.6 Å². The van der Waals surface area contributed by atoms with Crippen molar-refractivity contribution in [3.63, 3.8) is 0 Å². The van der Waals surface area contributed by atoms with Gasteiger partial charge in [0.2, 0.25) is 5.79 Å². The van der Waals surface area contributed by atoms with Gasteiger partial charge in [-0.2, -0.15) is 0 Å². The Balaban J connectivity index is 2.07. The summed E-state index contributed by atoms with van der Waals surface area (Å²) < 4.78 is 13.0. The number of aryl methyl sites for hydroxylation is 1. The first-order chi connectivity index (χ1) is 8.47. The average Bonchev–Trinajstić information content (AvgIpc) is 2.25. The second-order valence-electron chi connectivity index (χ2n) is 4.13. The van der Waals surface area contributed by atoms with Gasteiger partial charge < -0.3 is 11.5 Å². The van der Waals surface area contributed by atoms with Gasteiger partial charge in [-0.05, 0) is 24.1 Å². The molecule has 1 heterocycles. The Kier molecular flexibility index (Phi) is 3.15. The smallest absolute Gasteiger partial charge is 0.209 e. The lowest BCUT2D eigenvalue weighted by Crippen LogP contribution is -2.52. The largest absolute Gasteiger partial charge is 0.370 e. The summed E-state index contributed by atoms with van der Waals surface area (Å²) in [6, 6.07) is 6.29. The monoisotopic (exact) mass is 250 g/mol. The van der Waals surface area contributed by atoms with E-state index in [2.05, 4.69) is 15.3 Å². The second kappa shape index (κ2) is 4.61. The summed E-state index contributed by atoms with van der Waals surface area (Å²) in [5, 5.41) is 2.56. The molecule has 0 spiro atoms. The molecule has 0 saturated heterocycles. The number of nitrogens with one attached hydrogen (secondary N) is 1. The molecular weight excluding hydrogens is 235 g/mol. The van der Waals surface area contributed by atoms with Crippen LogP contribution in [0.15, 0.2) is 34.3 Å². The highest BCUT2D eigenvalue weighted by atomic mass is 19.1. The van der Waals surface area contributed by atoms with Gasteiger partial charge >= 0.3 is 0 Å². The van der Waals surface area contributed by atoms with Crippen LogP contribution in [0.2, 0.25) is 0 Å². The highest BCUT2D eigenvalue weighted by molar-refractivity contribution is 5.98. The van der Waals surface area contributed by atoms with Crippen molar-refractivity contribution in [1.82, 2.24) is 5.32 Å². The van der Waals surface area contributed by atoms with Crippen molar-refractivity contribution in [3.8, 4) is 0 Å².